The highest BCUT2D eigenvalue weighted by Crippen LogP contribution is 2.43. The molecule has 3 aromatic rings. The molecule has 0 fully saturated rings. The van der Waals surface area contributed by atoms with Crippen LogP contribution in [0.15, 0.2) is 53.5 Å². The second-order valence-corrected chi connectivity index (χ2v) is 7.56. The van der Waals surface area contributed by atoms with Gasteiger partial charge in [0.25, 0.3) is 0 Å². The molecule has 4 rings (SSSR count). The van der Waals surface area contributed by atoms with Gasteiger partial charge < -0.3 is 31.4 Å². The Kier molecular flexibility index (Phi) is 6.43. The van der Waals surface area contributed by atoms with Gasteiger partial charge in [0.05, 0.1) is 12.8 Å². The number of pyridine rings is 1. The van der Waals surface area contributed by atoms with Gasteiger partial charge in [0.15, 0.2) is 17.7 Å². The van der Waals surface area contributed by atoms with E-state index in [9.17, 15) is 15.2 Å². The average molecular weight is 484 g/mol. The summed E-state index contributed by atoms with van der Waals surface area (Å²) >= 11 is 0. The molecule has 12 heteroatoms. The Hall–Kier alpha value is -5.49. The van der Waals surface area contributed by atoms with Crippen molar-refractivity contribution in [2.75, 3.05) is 23.9 Å². The number of methoxy groups -OCH3 is 1. The number of rotatable bonds is 6. The molecular formula is C24H20N8O4. The molecule has 0 spiro atoms. The summed E-state index contributed by atoms with van der Waals surface area (Å²) in [7, 11) is 1.43. The molecule has 1 aromatic heterocycles. The first kappa shape index (κ1) is 23.7. The zero-order valence-electron chi connectivity index (χ0n) is 18.9. The van der Waals surface area contributed by atoms with Crippen molar-refractivity contribution in [1.29, 1.82) is 10.5 Å². The van der Waals surface area contributed by atoms with Gasteiger partial charge in [0.2, 0.25) is 12.1 Å². The number of carboxylic acids is 1. The van der Waals surface area contributed by atoms with E-state index in [-0.39, 0.29) is 40.3 Å². The zero-order chi connectivity index (χ0) is 25.8. The quantitative estimate of drug-likeness (QED) is 0.253. The van der Waals surface area contributed by atoms with Crippen LogP contribution in [-0.4, -0.2) is 29.1 Å². The highest BCUT2D eigenvalue weighted by molar-refractivity contribution is 5.98. The molecule has 180 valence electrons. The number of carbonyl (C=O) groups is 1. The van der Waals surface area contributed by atoms with E-state index in [2.05, 4.69) is 20.6 Å². The first-order valence-electron chi connectivity index (χ1n) is 10.5. The number of nitrogens with zero attached hydrogens (tertiary/aromatic N) is 4. The van der Waals surface area contributed by atoms with Crippen LogP contribution in [0.3, 0.4) is 0 Å². The number of anilines is 3. The topological polar surface area (TPSA) is 205 Å². The van der Waals surface area contributed by atoms with Crippen LogP contribution in [0.25, 0.3) is 0 Å². The molecule has 2 atom stereocenters. The number of aromatic nitrogens is 1. The van der Waals surface area contributed by atoms with Crippen LogP contribution >= 0.6 is 0 Å². The van der Waals surface area contributed by atoms with E-state index in [0.717, 1.165) is 0 Å². The fraction of sp³-hybridized carbons (Fsp3) is 0.125. The third-order valence-electron chi connectivity index (χ3n) is 5.43. The average Bonchev–Trinajstić information content (AvgIpc) is 2.87. The maximum absolute atomic E-state index is 12.0. The summed E-state index contributed by atoms with van der Waals surface area (Å²) in [6, 6.07) is 14.4. The second-order valence-electron chi connectivity index (χ2n) is 7.56. The molecule has 1 aliphatic rings. The van der Waals surface area contributed by atoms with Gasteiger partial charge in [-0.25, -0.2) is 14.8 Å². The predicted octanol–water partition coefficient (Wildman–Crippen LogP) is 2.27. The maximum atomic E-state index is 12.0. The Morgan fingerprint density at radius 1 is 1.19 bits per heavy atom. The van der Waals surface area contributed by atoms with Gasteiger partial charge in [-0.15, -0.1) is 0 Å². The molecular weight excluding hydrogens is 464 g/mol. The lowest BCUT2D eigenvalue weighted by Gasteiger charge is -2.27. The number of ether oxygens (including phenoxy) is 2. The number of carboxylic acid groups (broad SMARTS) is 1. The van der Waals surface area contributed by atoms with Gasteiger partial charge in [-0.1, -0.05) is 36.4 Å². The normalized spacial score (nSPS) is 14.6. The summed E-state index contributed by atoms with van der Waals surface area (Å²) in [6.45, 7) is 0. The smallest absolute Gasteiger partial charge is 0.349 e. The molecule has 0 saturated heterocycles. The molecule has 2 unspecified atom stereocenters. The number of nitriles is 2. The van der Waals surface area contributed by atoms with Gasteiger partial charge in [-0.3, -0.25) is 5.32 Å². The minimum atomic E-state index is -1.31. The Labute approximate surface area is 205 Å². The molecule has 0 bridgehead atoms. The lowest BCUT2D eigenvalue weighted by Crippen LogP contribution is -2.32. The number of nitrogen functional groups attached to an aromatic ring is 2. The summed E-state index contributed by atoms with van der Waals surface area (Å²) in [5.41, 5.74) is 13.5. The van der Waals surface area contributed by atoms with E-state index >= 15 is 0 Å². The van der Waals surface area contributed by atoms with Gasteiger partial charge in [0.1, 0.15) is 29.3 Å². The maximum Gasteiger partial charge on any atom is 0.349 e. The Bertz CT molecular complexity index is 1440. The fourth-order valence-electron chi connectivity index (χ4n) is 3.79. The monoisotopic (exact) mass is 484 g/mol. The van der Waals surface area contributed by atoms with Crippen LogP contribution in [0.5, 0.6) is 11.5 Å². The summed E-state index contributed by atoms with van der Waals surface area (Å²) in [5.74, 6) is -0.551. The first-order valence-corrected chi connectivity index (χ1v) is 10.5. The summed E-state index contributed by atoms with van der Waals surface area (Å²) in [5, 5.41) is 33.7. The molecule has 0 aliphatic carbocycles. The minimum absolute atomic E-state index is 0.00699. The highest BCUT2D eigenvalue weighted by atomic mass is 16.5. The number of hydrogen-bond donors (Lipinski definition) is 5. The van der Waals surface area contributed by atoms with Crippen LogP contribution in [0.1, 0.15) is 34.4 Å². The molecule has 12 nitrogen and oxygen atoms in total. The van der Waals surface area contributed by atoms with Crippen LogP contribution in [-0.2, 0) is 4.79 Å². The molecule has 0 amide bonds. The van der Waals surface area contributed by atoms with Crippen LogP contribution in [0.4, 0.5) is 17.3 Å². The molecule has 1 aliphatic heterocycles. The molecule has 2 aromatic carbocycles. The molecule has 2 heterocycles. The fourth-order valence-corrected chi connectivity index (χ4v) is 3.79. The van der Waals surface area contributed by atoms with E-state index in [4.69, 9.17) is 26.2 Å². The Balaban J connectivity index is 1.85. The van der Waals surface area contributed by atoms with Gasteiger partial charge in [-0.05, 0) is 17.7 Å². The molecule has 0 saturated carbocycles. The number of nitrogens with two attached hydrogens (primary N) is 2. The largest absolute Gasteiger partial charge is 0.493 e. The lowest BCUT2D eigenvalue weighted by atomic mass is 9.95. The number of aliphatic carboxylic acids is 1. The van der Waals surface area contributed by atoms with Gasteiger partial charge in [0, 0.05) is 11.1 Å². The molecule has 36 heavy (non-hydrogen) atoms. The predicted molar refractivity (Wildman–Crippen MR) is 130 cm³/mol. The van der Waals surface area contributed by atoms with Crippen molar-refractivity contribution in [3.05, 3.63) is 70.8 Å². The van der Waals surface area contributed by atoms with Crippen LogP contribution in [0, 0.1) is 22.8 Å². The molecule has 7 N–H and O–H groups in total. The van der Waals surface area contributed by atoms with Crippen LogP contribution < -0.4 is 31.6 Å². The Morgan fingerprint density at radius 3 is 2.58 bits per heavy atom. The van der Waals surface area contributed by atoms with Crippen molar-refractivity contribution < 1.29 is 19.4 Å². The van der Waals surface area contributed by atoms with Crippen molar-refractivity contribution in [3.8, 4) is 23.8 Å². The Morgan fingerprint density at radius 2 is 1.94 bits per heavy atom. The van der Waals surface area contributed by atoms with E-state index in [0.29, 0.717) is 16.7 Å². The van der Waals surface area contributed by atoms with Crippen molar-refractivity contribution in [2.24, 2.45) is 4.99 Å². The van der Waals surface area contributed by atoms with E-state index in [1.54, 1.807) is 54.7 Å². The highest BCUT2D eigenvalue weighted by Gasteiger charge is 2.31. The third kappa shape index (κ3) is 4.34. The second kappa shape index (κ2) is 9.79. The lowest BCUT2D eigenvalue weighted by molar-refractivity contribution is -0.145. The SMILES string of the molecule is COc1ccc(C2N=C(NC#N)Nc3nc(N)c(C#N)c(N)c32)cc1OC(C(=O)O)c1ccccc1. The number of aliphatic imine (C=N–C) groups is 1. The molecule has 0 radical (unpaired) electrons. The number of fused-ring (bicyclic) bond motifs is 1. The van der Waals surface area contributed by atoms with Crippen LogP contribution in [0.2, 0.25) is 0 Å². The third-order valence-corrected chi connectivity index (χ3v) is 5.43. The van der Waals surface area contributed by atoms with E-state index in [1.807, 2.05) is 6.07 Å². The van der Waals surface area contributed by atoms with Crippen molar-refractivity contribution >= 4 is 29.3 Å². The number of benzene rings is 2. The van der Waals surface area contributed by atoms with Crippen molar-refractivity contribution in [1.82, 2.24) is 10.3 Å². The first-order chi connectivity index (χ1) is 17.4. The summed E-state index contributed by atoms with van der Waals surface area (Å²) in [6.07, 6.45) is 0.469. The minimum Gasteiger partial charge on any atom is -0.493 e. The number of hydrogen-bond acceptors (Lipinski definition) is 11. The van der Waals surface area contributed by atoms with Crippen molar-refractivity contribution in [3.63, 3.8) is 0 Å². The standard InChI is InChI=1S/C24H20N8O4/c1-35-15-8-7-13(9-16(15)36-20(23(33)34)12-5-3-2-4-6-12)19-17-18(27)14(10-25)21(28)31-22(17)32-24(30-19)29-11-26/h2-9,19-20H,1H3,(H,33,34)(H6,27,28,29,30,31,32). The summed E-state index contributed by atoms with van der Waals surface area (Å²) < 4.78 is 11.3. The van der Waals surface area contributed by atoms with Gasteiger partial charge >= 0.3 is 5.97 Å². The van der Waals surface area contributed by atoms with Crippen molar-refractivity contribution in [2.45, 2.75) is 12.1 Å². The van der Waals surface area contributed by atoms with E-state index in [1.165, 1.54) is 7.11 Å². The van der Waals surface area contributed by atoms with E-state index < -0.39 is 18.1 Å². The van der Waals surface area contributed by atoms with Gasteiger partial charge in [-0.2, -0.15) is 10.5 Å². The number of nitrogens with one attached hydrogen (secondary N) is 2. The zero-order valence-corrected chi connectivity index (χ0v) is 18.9. The summed E-state index contributed by atoms with van der Waals surface area (Å²) in [4.78, 5) is 20.7. The number of guanidine groups is 1.